The lowest BCUT2D eigenvalue weighted by atomic mass is 9.96. The summed E-state index contributed by atoms with van der Waals surface area (Å²) in [6, 6.07) is 0. The fourth-order valence-electron chi connectivity index (χ4n) is 0.768. The Balaban J connectivity index is 4.12. The number of hydrogen-bond donors (Lipinski definition) is 0. The lowest BCUT2D eigenvalue weighted by molar-refractivity contribution is -0.146. The van der Waals surface area contributed by atoms with Gasteiger partial charge in [-0.15, -0.1) is 0 Å². The molecule has 0 rings (SSSR count). The third-order valence-corrected chi connectivity index (χ3v) is 1.80. The van der Waals surface area contributed by atoms with Crippen molar-refractivity contribution >= 4 is 11.9 Å². The zero-order valence-electron chi connectivity index (χ0n) is 10.7. The van der Waals surface area contributed by atoms with Gasteiger partial charge >= 0.3 is 11.9 Å². The van der Waals surface area contributed by atoms with Crippen LogP contribution in [0.2, 0.25) is 0 Å². The van der Waals surface area contributed by atoms with Crippen LogP contribution in [-0.4, -0.2) is 25.2 Å². The van der Waals surface area contributed by atoms with Gasteiger partial charge in [0.1, 0.15) is 13.2 Å². The minimum absolute atomic E-state index is 0.0577. The van der Waals surface area contributed by atoms with Gasteiger partial charge in [0, 0.05) is 16.6 Å². The van der Waals surface area contributed by atoms with Crippen molar-refractivity contribution in [3.63, 3.8) is 0 Å². The van der Waals surface area contributed by atoms with Crippen LogP contribution in [-0.2, 0) is 19.1 Å². The van der Waals surface area contributed by atoms with E-state index in [4.69, 9.17) is 9.47 Å². The highest BCUT2D eigenvalue weighted by molar-refractivity contribution is 5.87. The molecule has 0 spiro atoms. The third kappa shape index (κ3) is 6.56. The molecule has 0 N–H and O–H groups in total. The van der Waals surface area contributed by atoms with E-state index in [9.17, 15) is 9.59 Å². The number of rotatable bonds is 6. The van der Waals surface area contributed by atoms with E-state index in [1.54, 1.807) is 20.8 Å². The summed E-state index contributed by atoms with van der Waals surface area (Å²) in [5, 5.41) is 0. The molecule has 0 heterocycles. The van der Waals surface area contributed by atoms with Crippen molar-refractivity contribution in [3.8, 4) is 0 Å². The first-order valence-electron chi connectivity index (χ1n) is 5.16. The summed E-state index contributed by atoms with van der Waals surface area (Å²) in [7, 11) is 0. The van der Waals surface area contributed by atoms with Crippen molar-refractivity contribution in [1.82, 2.24) is 0 Å². The van der Waals surface area contributed by atoms with Crippen LogP contribution in [0.3, 0.4) is 0 Å². The van der Waals surface area contributed by atoms with Crippen LogP contribution in [0.4, 0.5) is 0 Å². The van der Waals surface area contributed by atoms with Crippen molar-refractivity contribution in [3.05, 3.63) is 31.2 Å². The predicted molar refractivity (Wildman–Crippen MR) is 65.0 cm³/mol. The van der Waals surface area contributed by atoms with E-state index >= 15 is 0 Å². The van der Waals surface area contributed by atoms with E-state index in [1.165, 1.54) is 0 Å². The van der Waals surface area contributed by atoms with E-state index < -0.39 is 17.4 Å². The third-order valence-electron chi connectivity index (χ3n) is 1.80. The molecule has 17 heavy (non-hydrogen) atoms. The van der Waals surface area contributed by atoms with E-state index in [2.05, 4.69) is 20.1 Å². The maximum Gasteiger partial charge on any atom is 0.333 e. The largest absolute Gasteiger partial charge is 0.462 e. The molecule has 0 aromatic carbocycles. The normalized spacial score (nSPS) is 10.6. The number of esters is 2. The molecule has 95 valence electrons. The van der Waals surface area contributed by atoms with Crippen molar-refractivity contribution < 1.29 is 19.1 Å². The Kier molecular flexibility index (Phi) is 5.65. The predicted octanol–water partition coefficient (Wildman–Crippen LogP) is 2.07. The van der Waals surface area contributed by atoms with Gasteiger partial charge in [-0.2, -0.15) is 0 Å². The Hall–Kier alpha value is -1.58. The van der Waals surface area contributed by atoms with Crippen molar-refractivity contribution in [2.75, 3.05) is 13.2 Å². The maximum atomic E-state index is 11.2. The highest BCUT2D eigenvalue weighted by Gasteiger charge is 2.23. The van der Waals surface area contributed by atoms with Gasteiger partial charge in [0.25, 0.3) is 0 Å². The fraction of sp³-hybridized carbons (Fsp3) is 0.462. The number of carbonyl (C=O) groups is 2. The van der Waals surface area contributed by atoms with Gasteiger partial charge in [-0.3, -0.25) is 0 Å². The minimum Gasteiger partial charge on any atom is -0.462 e. The molecule has 0 saturated heterocycles. The molecule has 0 aromatic heterocycles. The van der Waals surface area contributed by atoms with Gasteiger partial charge in [0.15, 0.2) is 0 Å². The Morgan fingerprint density at radius 2 is 1.29 bits per heavy atom. The van der Waals surface area contributed by atoms with Crippen molar-refractivity contribution in [2.24, 2.45) is 5.41 Å². The first-order chi connectivity index (χ1) is 7.65. The zero-order valence-corrected chi connectivity index (χ0v) is 10.7. The smallest absolute Gasteiger partial charge is 0.333 e. The average Bonchev–Trinajstić information content (AvgIpc) is 2.22. The standard InChI is InChI=1S/C13H19O4/c1-9(2)11(14)16-7-13(5,6)8-17-12(15)10(3)4/h1,3,5,7-8H2,2,4,6H3. The Morgan fingerprint density at radius 3 is 1.53 bits per heavy atom. The Labute approximate surface area is 102 Å². The maximum absolute atomic E-state index is 11.2. The van der Waals surface area contributed by atoms with Gasteiger partial charge in [-0.05, 0) is 20.8 Å². The molecule has 0 aromatic rings. The molecule has 0 aliphatic heterocycles. The van der Waals surface area contributed by atoms with Gasteiger partial charge in [-0.1, -0.05) is 20.1 Å². The molecule has 0 bridgehead atoms. The fourth-order valence-corrected chi connectivity index (χ4v) is 0.768. The summed E-state index contributed by atoms with van der Waals surface area (Å²) in [4.78, 5) is 22.3. The van der Waals surface area contributed by atoms with Crippen LogP contribution in [0.15, 0.2) is 24.3 Å². The van der Waals surface area contributed by atoms with E-state index in [0.717, 1.165) is 0 Å². The second kappa shape index (κ2) is 6.23. The quantitative estimate of drug-likeness (QED) is 0.526. The van der Waals surface area contributed by atoms with Crippen LogP contribution in [0.25, 0.3) is 0 Å². The van der Waals surface area contributed by atoms with E-state index in [0.29, 0.717) is 11.1 Å². The summed E-state index contributed by atoms with van der Waals surface area (Å²) in [6.45, 7) is 15.7. The second-order valence-corrected chi connectivity index (χ2v) is 4.52. The SMILES string of the molecule is [CH2]C(C)(COC(=O)C(=C)C)COC(=O)C(=C)C. The summed E-state index contributed by atoms with van der Waals surface area (Å²) in [5.74, 6) is -0.961. The minimum atomic E-state index is -0.684. The summed E-state index contributed by atoms with van der Waals surface area (Å²) < 4.78 is 9.89. The van der Waals surface area contributed by atoms with E-state index in [-0.39, 0.29) is 13.2 Å². The lowest BCUT2D eigenvalue weighted by Crippen LogP contribution is -2.29. The summed E-state index contributed by atoms with van der Waals surface area (Å²) in [5.41, 5.74) is -0.0459. The number of hydrogen-bond acceptors (Lipinski definition) is 4. The number of carbonyl (C=O) groups excluding carboxylic acids is 2. The summed E-state index contributed by atoms with van der Waals surface area (Å²) in [6.07, 6.45) is 0. The van der Waals surface area contributed by atoms with E-state index in [1.807, 2.05) is 0 Å². The van der Waals surface area contributed by atoms with Gasteiger partial charge < -0.3 is 9.47 Å². The topological polar surface area (TPSA) is 52.6 Å². The Morgan fingerprint density at radius 1 is 1.00 bits per heavy atom. The Bertz CT molecular complexity index is 307. The molecule has 0 unspecified atom stereocenters. The van der Waals surface area contributed by atoms with Gasteiger partial charge in [0.05, 0.1) is 0 Å². The second-order valence-electron chi connectivity index (χ2n) is 4.52. The molecule has 0 atom stereocenters. The average molecular weight is 239 g/mol. The summed E-state index contributed by atoms with van der Waals surface area (Å²) >= 11 is 0. The molecule has 0 aliphatic carbocycles. The van der Waals surface area contributed by atoms with Crippen LogP contribution >= 0.6 is 0 Å². The first-order valence-corrected chi connectivity index (χ1v) is 5.16. The number of ether oxygens (including phenoxy) is 2. The molecular formula is C13H19O4. The van der Waals surface area contributed by atoms with Gasteiger partial charge in [-0.25, -0.2) is 9.59 Å². The zero-order chi connectivity index (χ0) is 13.6. The molecule has 1 radical (unpaired) electrons. The molecule has 0 aliphatic rings. The van der Waals surface area contributed by atoms with Crippen LogP contribution in [0.5, 0.6) is 0 Å². The molecule has 0 saturated carbocycles. The molecule has 0 fully saturated rings. The lowest BCUT2D eigenvalue weighted by Gasteiger charge is -2.23. The van der Waals surface area contributed by atoms with Gasteiger partial charge in [0.2, 0.25) is 0 Å². The highest BCUT2D eigenvalue weighted by atomic mass is 16.5. The monoisotopic (exact) mass is 239 g/mol. The first kappa shape index (κ1) is 15.4. The van der Waals surface area contributed by atoms with Crippen LogP contribution in [0, 0.1) is 12.3 Å². The van der Waals surface area contributed by atoms with Crippen LogP contribution in [0.1, 0.15) is 20.8 Å². The molecule has 4 heteroatoms. The van der Waals surface area contributed by atoms with Crippen LogP contribution < -0.4 is 0 Å². The van der Waals surface area contributed by atoms with Crippen molar-refractivity contribution in [1.29, 1.82) is 0 Å². The molecular weight excluding hydrogens is 220 g/mol. The molecule has 4 nitrogen and oxygen atoms in total. The molecule has 0 amide bonds. The highest BCUT2D eigenvalue weighted by Crippen LogP contribution is 2.16. The van der Waals surface area contributed by atoms with Crippen molar-refractivity contribution in [2.45, 2.75) is 20.8 Å².